The van der Waals surface area contributed by atoms with Crippen LogP contribution in [0.4, 0.5) is 0 Å². The molecule has 0 spiro atoms. The standard InChI is InChI=1S/C18H28O6/c1-4-10-23-16-15(19)14(24-18(21-3)17(16)20-2)12-22-11-13-8-6-5-7-9-13/h5-9,14-19H,4,10-12H2,1-3H3/t14-,15-,16+,17-,18?/m1/s1. The van der Waals surface area contributed by atoms with Gasteiger partial charge in [-0.05, 0) is 12.0 Å². The molecule has 6 heteroatoms. The van der Waals surface area contributed by atoms with Gasteiger partial charge < -0.3 is 28.8 Å². The fourth-order valence-electron chi connectivity index (χ4n) is 2.78. The average molecular weight is 340 g/mol. The molecule has 6 nitrogen and oxygen atoms in total. The summed E-state index contributed by atoms with van der Waals surface area (Å²) in [4.78, 5) is 0. The van der Waals surface area contributed by atoms with Crippen molar-refractivity contribution in [3.8, 4) is 0 Å². The second-order valence-electron chi connectivity index (χ2n) is 5.81. The molecule has 1 unspecified atom stereocenters. The van der Waals surface area contributed by atoms with E-state index in [2.05, 4.69) is 0 Å². The van der Waals surface area contributed by atoms with Crippen LogP contribution < -0.4 is 0 Å². The van der Waals surface area contributed by atoms with E-state index in [1.165, 1.54) is 0 Å². The predicted octanol–water partition coefficient (Wildman–Crippen LogP) is 1.75. The zero-order chi connectivity index (χ0) is 17.4. The summed E-state index contributed by atoms with van der Waals surface area (Å²) in [5.41, 5.74) is 1.07. The molecule has 5 atom stereocenters. The van der Waals surface area contributed by atoms with Crippen LogP contribution in [-0.2, 0) is 30.3 Å². The number of benzene rings is 1. The van der Waals surface area contributed by atoms with Crippen LogP contribution in [-0.4, -0.2) is 63.2 Å². The highest BCUT2D eigenvalue weighted by molar-refractivity contribution is 5.13. The maximum absolute atomic E-state index is 10.6. The van der Waals surface area contributed by atoms with Gasteiger partial charge in [-0.1, -0.05) is 37.3 Å². The highest BCUT2D eigenvalue weighted by atomic mass is 16.7. The number of rotatable bonds is 9. The van der Waals surface area contributed by atoms with Gasteiger partial charge in [-0.25, -0.2) is 0 Å². The molecule has 1 heterocycles. The highest BCUT2D eigenvalue weighted by Gasteiger charge is 2.46. The topological polar surface area (TPSA) is 66.4 Å². The maximum Gasteiger partial charge on any atom is 0.186 e. The minimum absolute atomic E-state index is 0.248. The van der Waals surface area contributed by atoms with E-state index in [0.29, 0.717) is 13.2 Å². The molecule has 0 aromatic heterocycles. The summed E-state index contributed by atoms with van der Waals surface area (Å²) in [5.74, 6) is 0. The minimum atomic E-state index is -0.844. The Kier molecular flexibility index (Phi) is 8.11. The van der Waals surface area contributed by atoms with Gasteiger partial charge in [0.1, 0.15) is 24.4 Å². The van der Waals surface area contributed by atoms with Crippen LogP contribution in [0.2, 0.25) is 0 Å². The first kappa shape index (κ1) is 19.3. The molecule has 1 aliphatic rings. The first-order chi connectivity index (χ1) is 11.7. The fraction of sp³-hybridized carbons (Fsp3) is 0.667. The highest BCUT2D eigenvalue weighted by Crippen LogP contribution is 2.26. The summed E-state index contributed by atoms with van der Waals surface area (Å²) in [6.45, 7) is 3.26. The molecule has 1 aromatic carbocycles. The lowest BCUT2D eigenvalue weighted by Crippen LogP contribution is -2.60. The van der Waals surface area contributed by atoms with E-state index < -0.39 is 30.7 Å². The fourth-order valence-corrected chi connectivity index (χ4v) is 2.78. The van der Waals surface area contributed by atoms with Crippen molar-refractivity contribution in [1.29, 1.82) is 0 Å². The van der Waals surface area contributed by atoms with E-state index in [-0.39, 0.29) is 6.61 Å². The molecule has 24 heavy (non-hydrogen) atoms. The molecule has 1 saturated heterocycles. The summed E-state index contributed by atoms with van der Waals surface area (Å²) in [6, 6.07) is 9.86. The molecule has 1 aliphatic heterocycles. The molecule has 2 rings (SSSR count). The van der Waals surface area contributed by atoms with Crippen LogP contribution in [0.3, 0.4) is 0 Å². The maximum atomic E-state index is 10.6. The predicted molar refractivity (Wildman–Crippen MR) is 88.6 cm³/mol. The van der Waals surface area contributed by atoms with Gasteiger partial charge in [0.25, 0.3) is 0 Å². The average Bonchev–Trinajstić information content (AvgIpc) is 2.62. The summed E-state index contributed by atoms with van der Waals surface area (Å²) in [6.07, 6.45) is -2.13. The number of hydrogen-bond acceptors (Lipinski definition) is 6. The lowest BCUT2D eigenvalue weighted by Gasteiger charge is -2.43. The molecule has 136 valence electrons. The van der Waals surface area contributed by atoms with E-state index in [1.54, 1.807) is 14.2 Å². The number of aliphatic hydroxyl groups is 1. The molecule has 0 radical (unpaired) electrons. The van der Waals surface area contributed by atoms with E-state index in [0.717, 1.165) is 12.0 Å². The molecule has 0 aliphatic carbocycles. The van der Waals surface area contributed by atoms with Gasteiger partial charge >= 0.3 is 0 Å². The van der Waals surface area contributed by atoms with Crippen molar-refractivity contribution in [2.45, 2.75) is 50.7 Å². The van der Waals surface area contributed by atoms with Crippen LogP contribution in [0.1, 0.15) is 18.9 Å². The van der Waals surface area contributed by atoms with E-state index in [9.17, 15) is 5.11 Å². The van der Waals surface area contributed by atoms with Crippen LogP contribution in [0.5, 0.6) is 0 Å². The molecule has 0 bridgehead atoms. The van der Waals surface area contributed by atoms with Crippen molar-refractivity contribution in [3.63, 3.8) is 0 Å². The lowest BCUT2D eigenvalue weighted by molar-refractivity contribution is -0.308. The number of methoxy groups -OCH3 is 2. The summed E-state index contributed by atoms with van der Waals surface area (Å²) in [5, 5.41) is 10.6. The van der Waals surface area contributed by atoms with Gasteiger partial charge in [0, 0.05) is 20.8 Å². The summed E-state index contributed by atoms with van der Waals surface area (Å²) >= 11 is 0. The Bertz CT molecular complexity index is 454. The van der Waals surface area contributed by atoms with Crippen molar-refractivity contribution in [2.75, 3.05) is 27.4 Å². The zero-order valence-corrected chi connectivity index (χ0v) is 14.6. The van der Waals surface area contributed by atoms with Gasteiger partial charge in [-0.3, -0.25) is 0 Å². The van der Waals surface area contributed by atoms with Crippen molar-refractivity contribution in [2.24, 2.45) is 0 Å². The first-order valence-corrected chi connectivity index (χ1v) is 8.33. The molecule has 0 amide bonds. The van der Waals surface area contributed by atoms with Gasteiger partial charge in [0.2, 0.25) is 0 Å². The van der Waals surface area contributed by atoms with Crippen LogP contribution in [0.15, 0.2) is 30.3 Å². The van der Waals surface area contributed by atoms with E-state index >= 15 is 0 Å². The molecule has 1 aromatic rings. The Morgan fingerprint density at radius 2 is 1.83 bits per heavy atom. The monoisotopic (exact) mass is 340 g/mol. The van der Waals surface area contributed by atoms with Crippen LogP contribution >= 0.6 is 0 Å². The van der Waals surface area contributed by atoms with Gasteiger partial charge in [0.05, 0.1) is 13.2 Å². The van der Waals surface area contributed by atoms with Crippen molar-refractivity contribution in [3.05, 3.63) is 35.9 Å². The third-order valence-corrected chi connectivity index (χ3v) is 4.03. The molecule has 1 fully saturated rings. The van der Waals surface area contributed by atoms with Crippen molar-refractivity contribution < 1.29 is 28.8 Å². The third-order valence-electron chi connectivity index (χ3n) is 4.03. The Hall–Kier alpha value is -1.02. The zero-order valence-electron chi connectivity index (χ0n) is 14.6. The normalized spacial score (nSPS) is 30.4. The van der Waals surface area contributed by atoms with Gasteiger partial charge in [-0.2, -0.15) is 0 Å². The van der Waals surface area contributed by atoms with Gasteiger partial charge in [-0.15, -0.1) is 0 Å². The molecule has 1 N–H and O–H groups in total. The third kappa shape index (κ3) is 4.99. The van der Waals surface area contributed by atoms with Crippen molar-refractivity contribution >= 4 is 0 Å². The van der Waals surface area contributed by atoms with Crippen LogP contribution in [0, 0.1) is 0 Å². The largest absolute Gasteiger partial charge is 0.387 e. The molecular formula is C18H28O6. The van der Waals surface area contributed by atoms with E-state index in [4.69, 9.17) is 23.7 Å². The number of ether oxygens (including phenoxy) is 5. The Morgan fingerprint density at radius 3 is 2.46 bits per heavy atom. The Labute approximate surface area is 143 Å². The van der Waals surface area contributed by atoms with Gasteiger partial charge in [0.15, 0.2) is 6.29 Å². The quantitative estimate of drug-likeness (QED) is 0.739. The van der Waals surface area contributed by atoms with Crippen molar-refractivity contribution in [1.82, 2.24) is 0 Å². The molecule has 0 saturated carbocycles. The summed E-state index contributed by atoms with van der Waals surface area (Å²) < 4.78 is 28.1. The SMILES string of the molecule is CCCO[C@H]1[C@H](O)[C@@H](COCc2ccccc2)OC(OC)[C@@H]1OC. The number of hydrogen-bond donors (Lipinski definition) is 1. The van der Waals surface area contributed by atoms with E-state index in [1.807, 2.05) is 37.3 Å². The minimum Gasteiger partial charge on any atom is -0.387 e. The van der Waals surface area contributed by atoms with Crippen LogP contribution in [0.25, 0.3) is 0 Å². The lowest BCUT2D eigenvalue weighted by atomic mass is 9.98. The molecular weight excluding hydrogens is 312 g/mol. The Morgan fingerprint density at radius 1 is 1.08 bits per heavy atom. The second-order valence-corrected chi connectivity index (χ2v) is 5.81. The smallest absolute Gasteiger partial charge is 0.186 e. The first-order valence-electron chi connectivity index (χ1n) is 8.33. The Balaban J connectivity index is 1.95. The second kappa shape index (κ2) is 10.1. The number of aliphatic hydroxyl groups excluding tert-OH is 1. The summed E-state index contributed by atoms with van der Waals surface area (Å²) in [7, 11) is 3.11.